The maximum Gasteiger partial charge on any atom is 0.308 e. The molecule has 4 nitrogen and oxygen atoms in total. The van der Waals surface area contributed by atoms with Crippen LogP contribution in [0.5, 0.6) is 0 Å². The summed E-state index contributed by atoms with van der Waals surface area (Å²) in [5.74, 6) is -0.953. The van der Waals surface area contributed by atoms with Crippen molar-refractivity contribution in [2.24, 2.45) is 5.92 Å². The van der Waals surface area contributed by atoms with Crippen LogP contribution in [-0.2, 0) is 4.79 Å². The SMILES string of the molecule is Cc1cnn(C2CCCCC2C(=O)O)c1. The smallest absolute Gasteiger partial charge is 0.308 e. The monoisotopic (exact) mass is 208 g/mol. The Morgan fingerprint density at radius 3 is 2.87 bits per heavy atom. The first-order chi connectivity index (χ1) is 7.18. The molecule has 0 spiro atoms. The lowest BCUT2D eigenvalue weighted by molar-refractivity contribution is -0.144. The number of aryl methyl sites for hydroxylation is 1. The quantitative estimate of drug-likeness (QED) is 0.808. The van der Waals surface area contributed by atoms with Crippen molar-refractivity contribution in [1.82, 2.24) is 9.78 Å². The van der Waals surface area contributed by atoms with E-state index in [1.807, 2.05) is 17.8 Å². The number of aliphatic carboxylic acids is 1. The predicted molar refractivity (Wildman–Crippen MR) is 55.6 cm³/mol. The molecule has 1 heterocycles. The molecule has 1 aliphatic rings. The maximum absolute atomic E-state index is 11.1. The fourth-order valence-corrected chi connectivity index (χ4v) is 2.33. The van der Waals surface area contributed by atoms with Gasteiger partial charge in [0.2, 0.25) is 0 Å². The van der Waals surface area contributed by atoms with Crippen LogP contribution in [0.4, 0.5) is 0 Å². The van der Waals surface area contributed by atoms with Crippen LogP contribution in [0.15, 0.2) is 12.4 Å². The molecule has 0 saturated heterocycles. The van der Waals surface area contributed by atoms with Crippen LogP contribution in [-0.4, -0.2) is 20.9 Å². The number of nitrogens with zero attached hydrogens (tertiary/aromatic N) is 2. The molecule has 1 aromatic heterocycles. The van der Waals surface area contributed by atoms with E-state index in [-0.39, 0.29) is 12.0 Å². The molecule has 0 aliphatic heterocycles. The van der Waals surface area contributed by atoms with E-state index in [1.54, 1.807) is 6.20 Å². The van der Waals surface area contributed by atoms with Gasteiger partial charge in [-0.3, -0.25) is 9.48 Å². The summed E-state index contributed by atoms with van der Waals surface area (Å²) >= 11 is 0. The van der Waals surface area contributed by atoms with Crippen molar-refractivity contribution in [2.45, 2.75) is 38.6 Å². The highest BCUT2D eigenvalue weighted by Crippen LogP contribution is 2.33. The summed E-state index contributed by atoms with van der Waals surface area (Å²) in [6.07, 6.45) is 7.55. The summed E-state index contributed by atoms with van der Waals surface area (Å²) in [4.78, 5) is 11.1. The van der Waals surface area contributed by atoms with Gasteiger partial charge in [-0.2, -0.15) is 5.10 Å². The second-order valence-corrected chi connectivity index (χ2v) is 4.29. The number of carboxylic acids is 1. The fraction of sp³-hybridized carbons (Fsp3) is 0.636. The Balaban J connectivity index is 2.21. The van der Waals surface area contributed by atoms with Crippen LogP contribution < -0.4 is 0 Å². The summed E-state index contributed by atoms with van der Waals surface area (Å²) in [6.45, 7) is 1.97. The van der Waals surface area contributed by atoms with Gasteiger partial charge in [0.25, 0.3) is 0 Å². The molecule has 2 rings (SSSR count). The zero-order chi connectivity index (χ0) is 10.8. The molecule has 4 heteroatoms. The van der Waals surface area contributed by atoms with Crippen molar-refractivity contribution in [2.75, 3.05) is 0 Å². The molecule has 0 radical (unpaired) electrons. The minimum atomic E-state index is -0.687. The Morgan fingerprint density at radius 1 is 1.53 bits per heavy atom. The number of hydrogen-bond donors (Lipinski definition) is 1. The molecule has 2 unspecified atom stereocenters. The van der Waals surface area contributed by atoms with Gasteiger partial charge in [0.1, 0.15) is 0 Å². The molecule has 15 heavy (non-hydrogen) atoms. The third kappa shape index (κ3) is 2.03. The van der Waals surface area contributed by atoms with Crippen LogP contribution in [0.2, 0.25) is 0 Å². The van der Waals surface area contributed by atoms with E-state index < -0.39 is 5.97 Å². The second kappa shape index (κ2) is 4.04. The van der Waals surface area contributed by atoms with E-state index in [1.165, 1.54) is 0 Å². The average molecular weight is 208 g/mol. The molecule has 1 fully saturated rings. The van der Waals surface area contributed by atoms with Gasteiger partial charge in [-0.25, -0.2) is 0 Å². The van der Waals surface area contributed by atoms with Crippen molar-refractivity contribution in [1.29, 1.82) is 0 Å². The summed E-state index contributed by atoms with van der Waals surface area (Å²) in [6, 6.07) is 0.0462. The molecule has 1 aromatic rings. The number of carboxylic acid groups (broad SMARTS) is 1. The molecule has 1 aliphatic carbocycles. The van der Waals surface area contributed by atoms with E-state index in [0.717, 1.165) is 31.2 Å². The predicted octanol–water partition coefficient (Wildman–Crippen LogP) is 2.01. The van der Waals surface area contributed by atoms with Gasteiger partial charge in [-0.15, -0.1) is 0 Å². The van der Waals surface area contributed by atoms with Gasteiger partial charge in [-0.1, -0.05) is 12.8 Å². The molecule has 1 saturated carbocycles. The van der Waals surface area contributed by atoms with E-state index in [4.69, 9.17) is 5.11 Å². The average Bonchev–Trinajstić information content (AvgIpc) is 2.65. The van der Waals surface area contributed by atoms with Crippen LogP contribution >= 0.6 is 0 Å². The first-order valence-electron chi connectivity index (χ1n) is 5.42. The van der Waals surface area contributed by atoms with E-state index >= 15 is 0 Å². The van der Waals surface area contributed by atoms with Crippen LogP contribution in [0, 0.1) is 12.8 Å². The highest BCUT2D eigenvalue weighted by Gasteiger charge is 2.32. The third-order valence-electron chi connectivity index (χ3n) is 3.12. The first kappa shape index (κ1) is 10.2. The van der Waals surface area contributed by atoms with Crippen LogP contribution in [0.1, 0.15) is 37.3 Å². The minimum Gasteiger partial charge on any atom is -0.481 e. The number of aromatic nitrogens is 2. The van der Waals surface area contributed by atoms with Crippen molar-refractivity contribution >= 4 is 5.97 Å². The molecule has 82 valence electrons. The highest BCUT2D eigenvalue weighted by atomic mass is 16.4. The van der Waals surface area contributed by atoms with Gasteiger partial charge in [0, 0.05) is 6.20 Å². The molecule has 2 atom stereocenters. The number of hydrogen-bond acceptors (Lipinski definition) is 2. The zero-order valence-electron chi connectivity index (χ0n) is 8.89. The van der Waals surface area contributed by atoms with E-state index in [9.17, 15) is 4.79 Å². The summed E-state index contributed by atoms with van der Waals surface area (Å²) < 4.78 is 1.83. The van der Waals surface area contributed by atoms with Crippen molar-refractivity contribution in [3.05, 3.63) is 18.0 Å². The third-order valence-corrected chi connectivity index (χ3v) is 3.12. The van der Waals surface area contributed by atoms with Gasteiger partial charge in [-0.05, 0) is 25.3 Å². The second-order valence-electron chi connectivity index (χ2n) is 4.29. The van der Waals surface area contributed by atoms with Crippen molar-refractivity contribution in [3.8, 4) is 0 Å². The zero-order valence-corrected chi connectivity index (χ0v) is 8.89. The highest BCUT2D eigenvalue weighted by molar-refractivity contribution is 5.70. The summed E-state index contributed by atoms with van der Waals surface area (Å²) in [5, 5.41) is 13.4. The lowest BCUT2D eigenvalue weighted by Crippen LogP contribution is -2.29. The Labute approximate surface area is 88.9 Å². The first-order valence-corrected chi connectivity index (χ1v) is 5.42. The van der Waals surface area contributed by atoms with E-state index in [0.29, 0.717) is 0 Å². The van der Waals surface area contributed by atoms with Crippen LogP contribution in [0.25, 0.3) is 0 Å². The Morgan fingerprint density at radius 2 is 2.27 bits per heavy atom. The molecule has 1 N–H and O–H groups in total. The normalized spacial score (nSPS) is 26.5. The largest absolute Gasteiger partial charge is 0.481 e. The molecule has 0 amide bonds. The van der Waals surface area contributed by atoms with Gasteiger partial charge in [0.05, 0.1) is 18.2 Å². The molecular weight excluding hydrogens is 192 g/mol. The molecular formula is C11H16N2O2. The van der Waals surface area contributed by atoms with Gasteiger partial charge < -0.3 is 5.11 Å². The lowest BCUT2D eigenvalue weighted by Gasteiger charge is -2.28. The summed E-state index contributed by atoms with van der Waals surface area (Å²) in [5.41, 5.74) is 1.09. The Hall–Kier alpha value is -1.32. The molecule has 0 bridgehead atoms. The minimum absolute atomic E-state index is 0.0462. The van der Waals surface area contributed by atoms with Crippen LogP contribution in [0.3, 0.4) is 0 Å². The number of rotatable bonds is 2. The van der Waals surface area contributed by atoms with Gasteiger partial charge in [0.15, 0.2) is 0 Å². The summed E-state index contributed by atoms with van der Waals surface area (Å²) in [7, 11) is 0. The topological polar surface area (TPSA) is 55.1 Å². The fourth-order valence-electron chi connectivity index (χ4n) is 2.33. The number of carbonyl (C=O) groups is 1. The molecule has 0 aromatic carbocycles. The maximum atomic E-state index is 11.1. The van der Waals surface area contributed by atoms with E-state index in [2.05, 4.69) is 5.10 Å². The van der Waals surface area contributed by atoms with Crippen molar-refractivity contribution < 1.29 is 9.90 Å². The Bertz CT molecular complexity index is 359. The van der Waals surface area contributed by atoms with Crippen molar-refractivity contribution in [3.63, 3.8) is 0 Å². The lowest BCUT2D eigenvalue weighted by atomic mass is 9.84. The van der Waals surface area contributed by atoms with Gasteiger partial charge >= 0.3 is 5.97 Å². The standard InChI is InChI=1S/C11H16N2O2/c1-8-6-12-13(7-8)10-5-3-2-4-9(10)11(14)15/h6-7,9-10H,2-5H2,1H3,(H,14,15). The Kier molecular flexibility index (Phi) is 2.75.